The van der Waals surface area contributed by atoms with Gasteiger partial charge in [0.2, 0.25) is 11.4 Å². The molecule has 2 aromatic carbocycles. The number of benzene rings is 2. The number of ether oxygens (including phenoxy) is 2. The van der Waals surface area contributed by atoms with Gasteiger partial charge in [-0.25, -0.2) is 14.4 Å². The molecule has 18 heteroatoms. The van der Waals surface area contributed by atoms with Crippen LogP contribution in [0.2, 0.25) is 0 Å². The molecule has 4 N–H and O–H groups in total. The summed E-state index contributed by atoms with van der Waals surface area (Å²) in [7, 11) is -2.05. The van der Waals surface area contributed by atoms with Gasteiger partial charge in [0.25, 0.3) is 8.96 Å². The van der Waals surface area contributed by atoms with Crippen molar-refractivity contribution in [3.8, 4) is 28.1 Å². The second kappa shape index (κ2) is 19.7. The van der Waals surface area contributed by atoms with Crippen molar-refractivity contribution >= 4 is 53.0 Å². The normalized spacial score (nSPS) is 21.4. The Hall–Kier alpha value is -5.30. The van der Waals surface area contributed by atoms with E-state index in [1.807, 2.05) is 25.1 Å². The number of aromatic hydroxyl groups is 1. The number of hydrazine groups is 1. The molecule has 4 aliphatic rings. The molecule has 4 aromatic rings. The van der Waals surface area contributed by atoms with Gasteiger partial charge in [-0.05, 0) is 117 Å². The van der Waals surface area contributed by atoms with Crippen LogP contribution in [0.1, 0.15) is 89.1 Å². The largest absolute Gasteiger partial charge is 0.508 e. The van der Waals surface area contributed by atoms with Crippen LogP contribution in [-0.4, -0.2) is 130 Å². The number of nitrogens with zero attached hydrogens (tertiary/aromatic N) is 5. The van der Waals surface area contributed by atoms with Crippen molar-refractivity contribution in [2.24, 2.45) is 11.3 Å². The molecule has 3 aliphatic heterocycles. The van der Waals surface area contributed by atoms with Crippen LogP contribution in [0.15, 0.2) is 54.7 Å². The van der Waals surface area contributed by atoms with Gasteiger partial charge in [-0.2, -0.15) is 0 Å². The van der Waals surface area contributed by atoms with Crippen LogP contribution in [-0.2, 0) is 47.8 Å². The highest BCUT2D eigenvalue weighted by molar-refractivity contribution is 7.92. The van der Waals surface area contributed by atoms with Gasteiger partial charge in [0, 0.05) is 89.6 Å². The van der Waals surface area contributed by atoms with Crippen LogP contribution in [0.25, 0.3) is 33.3 Å². The molecular formula is C49H65N8O8SSi. The summed E-state index contributed by atoms with van der Waals surface area (Å²) >= 11 is 0. The summed E-state index contributed by atoms with van der Waals surface area (Å²) in [6.07, 6.45) is 6.31. The number of phenolic OH excluding ortho intramolecular Hbond substituents is 1. The van der Waals surface area contributed by atoms with E-state index in [0.29, 0.717) is 37.9 Å². The van der Waals surface area contributed by atoms with E-state index in [4.69, 9.17) is 19.2 Å². The van der Waals surface area contributed by atoms with E-state index in [0.717, 1.165) is 70.2 Å². The Morgan fingerprint density at radius 1 is 1.07 bits per heavy atom. The average Bonchev–Trinajstić information content (AvgIpc) is 3.95. The molecule has 8 rings (SSSR count). The number of urea groups is 1. The van der Waals surface area contributed by atoms with Crippen LogP contribution in [0, 0.1) is 16.1 Å². The highest BCUT2D eigenvalue weighted by Gasteiger charge is 2.42. The average molecular weight is 954 g/mol. The minimum Gasteiger partial charge on any atom is -0.508 e. The van der Waals surface area contributed by atoms with Gasteiger partial charge in [0.15, 0.2) is 0 Å². The highest BCUT2D eigenvalue weighted by Crippen LogP contribution is 2.42. The molecule has 1 radical (unpaired) electrons. The number of carbonyl (C=O) groups is 4. The van der Waals surface area contributed by atoms with E-state index < -0.39 is 48.1 Å². The van der Waals surface area contributed by atoms with Crippen LogP contribution in [0.3, 0.4) is 0 Å². The number of carbonyl (C=O) groups excluding carboxylic acids is 4. The van der Waals surface area contributed by atoms with Gasteiger partial charge in [-0.1, -0.05) is 38.8 Å². The third-order valence-corrected chi connectivity index (χ3v) is 17.8. The third-order valence-electron chi connectivity index (χ3n) is 14.0. The summed E-state index contributed by atoms with van der Waals surface area (Å²) in [5.41, 5.74) is 9.34. The maximum Gasteiger partial charge on any atom is 0.324 e. The van der Waals surface area contributed by atoms with Crippen LogP contribution in [0.4, 0.5) is 9.59 Å². The smallest absolute Gasteiger partial charge is 0.324 e. The number of fused-ring (bicyclic) bond motifs is 6. The van der Waals surface area contributed by atoms with Gasteiger partial charge < -0.3 is 33.9 Å². The molecule has 1 aliphatic carbocycles. The number of hydrogen-bond donors (Lipinski definition) is 4. The Bertz CT molecular complexity index is 2640. The number of phenols is 1. The number of nitrogens with one attached hydrogen (secondary N) is 3. The number of pyridine rings is 1. The van der Waals surface area contributed by atoms with Gasteiger partial charge in [-0.15, -0.1) is 0 Å². The zero-order valence-corrected chi connectivity index (χ0v) is 41.4. The van der Waals surface area contributed by atoms with Crippen molar-refractivity contribution in [2.75, 3.05) is 51.9 Å². The molecular weight excluding hydrogens is 889 g/mol. The molecule has 16 nitrogen and oxygen atoms in total. The lowest BCUT2D eigenvalue weighted by Crippen LogP contribution is -2.64. The van der Waals surface area contributed by atoms with Gasteiger partial charge >= 0.3 is 12.0 Å². The first kappa shape index (κ1) is 48.2. The minimum absolute atomic E-state index is 0.00932. The molecule has 6 bridgehead atoms. The molecule has 359 valence electrons. The monoisotopic (exact) mass is 953 g/mol. The molecule has 0 spiro atoms. The number of aryl methyl sites for hydroxylation is 1. The molecule has 3 fully saturated rings. The molecule has 3 atom stereocenters. The van der Waals surface area contributed by atoms with E-state index in [9.17, 15) is 28.5 Å². The molecule has 0 unspecified atom stereocenters. The van der Waals surface area contributed by atoms with Crippen molar-refractivity contribution in [1.29, 1.82) is 4.78 Å². The topological polar surface area (TPSA) is 199 Å². The fourth-order valence-corrected chi connectivity index (χ4v) is 13.6. The summed E-state index contributed by atoms with van der Waals surface area (Å²) in [5, 5.41) is 13.8. The van der Waals surface area contributed by atoms with E-state index in [2.05, 4.69) is 53.9 Å². The van der Waals surface area contributed by atoms with Crippen LogP contribution >= 0.6 is 0 Å². The SMILES string of the molecule is CCn1c(-c2cccnc2[C@H](C)OC)c2c3cc(ccc31)-c1cc(O)cc(c1)C[Si](NC(=O)[C@H](C1CCCC1)N(C)C(=O)N1CCS(=N)(=O)CC1)C(=O)N1CCC[C@H](N1)C(=O)OCC(C)(C)C2. The molecule has 67 heavy (non-hydrogen) atoms. The Kier molecular flexibility index (Phi) is 14.2. The van der Waals surface area contributed by atoms with E-state index in [1.54, 1.807) is 37.4 Å². The fraction of sp³-hybridized carbons (Fsp3) is 0.531. The van der Waals surface area contributed by atoms with Crippen molar-refractivity contribution in [3.63, 3.8) is 0 Å². The number of methoxy groups -OCH3 is 1. The van der Waals surface area contributed by atoms with Gasteiger partial charge in [0.1, 0.15) is 17.8 Å². The predicted molar refractivity (Wildman–Crippen MR) is 259 cm³/mol. The number of likely N-dealkylation sites (N-methyl/N-ethyl adjacent to an activating group) is 1. The quantitative estimate of drug-likeness (QED) is 0.108. The predicted octanol–water partition coefficient (Wildman–Crippen LogP) is 6.76. The van der Waals surface area contributed by atoms with Gasteiger partial charge in [-0.3, -0.25) is 29.2 Å². The number of esters is 1. The molecule has 2 aromatic heterocycles. The summed E-state index contributed by atoms with van der Waals surface area (Å²) in [4.78, 5) is 68.7. The number of aromatic nitrogens is 2. The Balaban J connectivity index is 1.21. The van der Waals surface area contributed by atoms with E-state index in [-0.39, 0.29) is 66.6 Å². The first-order valence-electron chi connectivity index (χ1n) is 23.6. The van der Waals surface area contributed by atoms with Crippen LogP contribution < -0.4 is 10.4 Å². The third kappa shape index (κ3) is 10.3. The first-order chi connectivity index (χ1) is 32.0. The number of cyclic esters (lactones) is 1. The minimum atomic E-state index is -2.75. The second-order valence-corrected chi connectivity index (χ2v) is 23.9. The maximum absolute atomic E-state index is 14.9. The molecule has 1 saturated carbocycles. The van der Waals surface area contributed by atoms with Gasteiger partial charge in [0.05, 0.1) is 24.1 Å². The number of amides is 4. The maximum atomic E-state index is 14.9. The zero-order chi connectivity index (χ0) is 47.8. The standard InChI is InChI=1S/C49H65N8O8SSi/c1-7-56-41-17-16-34-27-38(41)39(44(56)37-14-10-18-51-42(37)31(2)64-6)28-49(3,4)30-65-46(60)40-15-11-19-57(52-40)48(62)67(29-32-24-35(34)26-36(58)25-32)53-45(59)43(33-12-8-9-13-33)54(5)47(61)55-20-22-66(50,63)23-21-55/h10,14,16-18,24-27,31,33,40,43,50,52,58H,7-9,11-13,15,19-23,28-30H2,1-6H3,(H,53,59)/t31-,40-,43-/m0/s1. The Morgan fingerprint density at radius 3 is 2.54 bits per heavy atom. The van der Waals surface area contributed by atoms with Crippen molar-refractivity contribution < 1.29 is 38.0 Å². The van der Waals surface area contributed by atoms with E-state index in [1.165, 1.54) is 9.91 Å². The molecule has 5 heterocycles. The Labute approximate surface area is 395 Å². The lowest BCUT2D eigenvalue weighted by Gasteiger charge is -2.38. The first-order valence-corrected chi connectivity index (χ1v) is 27.2. The summed E-state index contributed by atoms with van der Waals surface area (Å²) in [6, 6.07) is 13.6. The zero-order valence-electron chi connectivity index (χ0n) is 39.6. The number of hydrogen-bond acceptors (Lipinski definition) is 11. The highest BCUT2D eigenvalue weighted by atomic mass is 32.2. The second-order valence-electron chi connectivity index (χ2n) is 19.5. The lowest BCUT2D eigenvalue weighted by molar-refractivity contribution is -0.151. The molecule has 4 amide bonds. The van der Waals surface area contributed by atoms with Crippen molar-refractivity contribution in [3.05, 3.63) is 71.5 Å². The van der Waals surface area contributed by atoms with Crippen molar-refractivity contribution in [2.45, 2.75) is 103 Å². The summed E-state index contributed by atoms with van der Waals surface area (Å²) in [5.74, 6) is -0.875. The Morgan fingerprint density at radius 2 is 1.82 bits per heavy atom. The summed E-state index contributed by atoms with van der Waals surface area (Å²) < 4.78 is 34.7. The number of rotatable bonds is 8. The van der Waals surface area contributed by atoms with Crippen LogP contribution in [0.5, 0.6) is 5.75 Å². The lowest BCUT2D eigenvalue weighted by atomic mass is 9.84. The fourth-order valence-electron chi connectivity index (χ4n) is 10.4. The molecule has 2 saturated heterocycles. The van der Waals surface area contributed by atoms with E-state index >= 15 is 0 Å². The summed E-state index contributed by atoms with van der Waals surface area (Å²) in [6.45, 7) is 9.68. The van der Waals surface area contributed by atoms with Crippen molar-refractivity contribution in [1.82, 2.24) is 34.8 Å².